The highest BCUT2D eigenvalue weighted by Crippen LogP contribution is 2.37. The third kappa shape index (κ3) is 1.91. The molecule has 0 unspecified atom stereocenters. The number of nitrogens with two attached hydrogens (primary N) is 1. The molecule has 2 aromatic rings. The number of pyridine rings is 1. The van der Waals surface area contributed by atoms with E-state index in [1.54, 1.807) is 12.1 Å². The SMILES string of the molecule is COc1cc(Cl)c(OC)c2[nH]c(=O)c(CN)cc12. The fourth-order valence-corrected chi connectivity index (χ4v) is 2.12. The van der Waals surface area contributed by atoms with Crippen LogP contribution >= 0.6 is 11.6 Å². The van der Waals surface area contributed by atoms with Crippen LogP contribution in [0.1, 0.15) is 5.56 Å². The Kier molecular flexibility index (Phi) is 3.45. The minimum absolute atomic E-state index is 0.152. The Hall–Kier alpha value is -1.72. The van der Waals surface area contributed by atoms with E-state index in [2.05, 4.69) is 4.98 Å². The van der Waals surface area contributed by atoms with Crippen molar-refractivity contribution in [3.63, 3.8) is 0 Å². The van der Waals surface area contributed by atoms with E-state index in [9.17, 15) is 4.79 Å². The molecule has 1 heterocycles. The van der Waals surface area contributed by atoms with Gasteiger partial charge in [0.25, 0.3) is 5.56 Å². The van der Waals surface area contributed by atoms with Gasteiger partial charge in [0.2, 0.25) is 0 Å². The van der Waals surface area contributed by atoms with Gasteiger partial charge in [-0.05, 0) is 6.07 Å². The number of aromatic nitrogens is 1. The maximum absolute atomic E-state index is 11.8. The summed E-state index contributed by atoms with van der Waals surface area (Å²) < 4.78 is 10.4. The van der Waals surface area contributed by atoms with Crippen LogP contribution in [0.4, 0.5) is 0 Å². The van der Waals surface area contributed by atoms with Crippen LogP contribution in [0.25, 0.3) is 10.9 Å². The van der Waals surface area contributed by atoms with Gasteiger partial charge in [0.1, 0.15) is 5.75 Å². The molecule has 0 spiro atoms. The summed E-state index contributed by atoms with van der Waals surface area (Å²) >= 11 is 6.06. The van der Waals surface area contributed by atoms with E-state index in [4.69, 9.17) is 26.8 Å². The first-order valence-corrected chi connectivity index (χ1v) is 5.66. The Morgan fingerprint density at radius 3 is 2.61 bits per heavy atom. The Morgan fingerprint density at radius 2 is 2.06 bits per heavy atom. The van der Waals surface area contributed by atoms with E-state index >= 15 is 0 Å². The van der Waals surface area contributed by atoms with Crippen LogP contribution in [0, 0.1) is 0 Å². The molecule has 0 aliphatic heterocycles. The fourth-order valence-electron chi connectivity index (χ4n) is 1.84. The quantitative estimate of drug-likeness (QED) is 0.887. The van der Waals surface area contributed by atoms with Crippen molar-refractivity contribution >= 4 is 22.5 Å². The molecule has 5 nitrogen and oxygen atoms in total. The summed E-state index contributed by atoms with van der Waals surface area (Å²) in [5.41, 5.74) is 6.24. The van der Waals surface area contributed by atoms with E-state index in [-0.39, 0.29) is 12.1 Å². The third-order valence-electron chi connectivity index (χ3n) is 2.73. The fraction of sp³-hybridized carbons (Fsp3) is 0.250. The zero-order valence-corrected chi connectivity index (χ0v) is 10.8. The Bertz CT molecular complexity index is 652. The number of rotatable bonds is 3. The molecule has 0 saturated heterocycles. The molecule has 0 saturated carbocycles. The highest BCUT2D eigenvalue weighted by atomic mass is 35.5. The Balaban J connectivity index is 2.93. The van der Waals surface area contributed by atoms with Gasteiger partial charge < -0.3 is 20.2 Å². The maximum Gasteiger partial charge on any atom is 0.253 e. The second-order valence-electron chi connectivity index (χ2n) is 3.71. The number of aromatic amines is 1. The highest BCUT2D eigenvalue weighted by molar-refractivity contribution is 6.33. The molecule has 0 bridgehead atoms. The normalized spacial score (nSPS) is 10.7. The molecule has 0 fully saturated rings. The molecule has 0 radical (unpaired) electrons. The van der Waals surface area contributed by atoms with E-state index in [1.165, 1.54) is 14.2 Å². The molecular weight excluding hydrogens is 256 g/mol. The van der Waals surface area contributed by atoms with E-state index in [0.717, 1.165) is 0 Å². The lowest BCUT2D eigenvalue weighted by molar-refractivity contribution is 0.410. The first-order valence-electron chi connectivity index (χ1n) is 5.28. The number of hydrogen-bond acceptors (Lipinski definition) is 4. The topological polar surface area (TPSA) is 77.3 Å². The van der Waals surface area contributed by atoms with Crippen LogP contribution in [-0.2, 0) is 6.54 Å². The lowest BCUT2D eigenvalue weighted by atomic mass is 10.1. The molecule has 96 valence electrons. The van der Waals surface area contributed by atoms with E-state index < -0.39 is 0 Å². The van der Waals surface area contributed by atoms with Gasteiger partial charge in [-0.3, -0.25) is 4.79 Å². The van der Waals surface area contributed by atoms with Crippen molar-refractivity contribution in [1.82, 2.24) is 4.98 Å². The number of nitrogens with one attached hydrogen (secondary N) is 1. The van der Waals surface area contributed by atoms with Crippen LogP contribution in [0.15, 0.2) is 16.9 Å². The summed E-state index contributed by atoms with van der Waals surface area (Å²) in [4.78, 5) is 14.5. The minimum Gasteiger partial charge on any atom is -0.496 e. The molecule has 0 amide bonds. The maximum atomic E-state index is 11.8. The average Bonchev–Trinajstić information content (AvgIpc) is 2.37. The van der Waals surface area contributed by atoms with Crippen LogP contribution in [-0.4, -0.2) is 19.2 Å². The van der Waals surface area contributed by atoms with Crippen molar-refractivity contribution in [3.05, 3.63) is 33.1 Å². The van der Waals surface area contributed by atoms with E-state index in [0.29, 0.717) is 33.0 Å². The van der Waals surface area contributed by atoms with Crippen molar-refractivity contribution in [3.8, 4) is 11.5 Å². The number of H-pyrrole nitrogens is 1. The minimum atomic E-state index is -0.257. The number of fused-ring (bicyclic) bond motifs is 1. The molecule has 3 N–H and O–H groups in total. The van der Waals surface area contributed by atoms with Gasteiger partial charge in [0.05, 0.1) is 24.8 Å². The van der Waals surface area contributed by atoms with Crippen LogP contribution < -0.4 is 20.8 Å². The summed E-state index contributed by atoms with van der Waals surface area (Å²) in [6, 6.07) is 3.33. The monoisotopic (exact) mass is 268 g/mol. The number of ether oxygens (including phenoxy) is 2. The van der Waals surface area contributed by atoms with Crippen molar-refractivity contribution in [2.75, 3.05) is 14.2 Å². The van der Waals surface area contributed by atoms with Crippen LogP contribution in [0.2, 0.25) is 5.02 Å². The second-order valence-corrected chi connectivity index (χ2v) is 4.12. The first kappa shape index (κ1) is 12.7. The Morgan fingerprint density at radius 1 is 1.33 bits per heavy atom. The van der Waals surface area contributed by atoms with Crippen LogP contribution in [0.3, 0.4) is 0 Å². The average molecular weight is 269 g/mol. The molecule has 18 heavy (non-hydrogen) atoms. The van der Waals surface area contributed by atoms with Gasteiger partial charge >= 0.3 is 0 Å². The molecule has 1 aromatic heterocycles. The number of halogens is 1. The lowest BCUT2D eigenvalue weighted by Crippen LogP contribution is -2.16. The van der Waals surface area contributed by atoms with E-state index in [1.807, 2.05) is 0 Å². The van der Waals surface area contributed by atoms with Crippen molar-refractivity contribution in [2.24, 2.45) is 5.73 Å². The highest BCUT2D eigenvalue weighted by Gasteiger charge is 2.14. The van der Waals surface area contributed by atoms with Crippen LogP contribution in [0.5, 0.6) is 11.5 Å². The number of hydrogen-bond donors (Lipinski definition) is 2. The standard InChI is InChI=1S/C12H13ClN2O3/c1-17-9-4-8(13)11(18-2)10-7(9)3-6(5-14)12(16)15-10/h3-4H,5,14H2,1-2H3,(H,15,16). The van der Waals surface area contributed by atoms with Crippen molar-refractivity contribution in [2.45, 2.75) is 6.54 Å². The molecule has 0 atom stereocenters. The van der Waals surface area contributed by atoms with Gasteiger partial charge in [-0.15, -0.1) is 0 Å². The smallest absolute Gasteiger partial charge is 0.253 e. The number of benzene rings is 1. The summed E-state index contributed by atoms with van der Waals surface area (Å²) in [5, 5.41) is 1.08. The zero-order valence-electron chi connectivity index (χ0n) is 10.0. The molecule has 0 aliphatic rings. The van der Waals surface area contributed by atoms with Gasteiger partial charge in [0, 0.05) is 23.6 Å². The third-order valence-corrected chi connectivity index (χ3v) is 3.01. The molecule has 1 aromatic carbocycles. The summed E-state index contributed by atoms with van der Waals surface area (Å²) in [7, 11) is 3.02. The lowest BCUT2D eigenvalue weighted by Gasteiger charge is -2.12. The molecular formula is C12H13ClN2O3. The van der Waals surface area contributed by atoms with Crippen molar-refractivity contribution < 1.29 is 9.47 Å². The number of methoxy groups -OCH3 is 2. The van der Waals surface area contributed by atoms with Gasteiger partial charge in [-0.25, -0.2) is 0 Å². The zero-order chi connectivity index (χ0) is 13.3. The largest absolute Gasteiger partial charge is 0.496 e. The molecule has 6 heteroatoms. The Labute approximate surface area is 108 Å². The predicted molar refractivity (Wildman–Crippen MR) is 70.6 cm³/mol. The van der Waals surface area contributed by atoms with Gasteiger partial charge in [0.15, 0.2) is 5.75 Å². The summed E-state index contributed by atoms with van der Waals surface area (Å²) in [6.07, 6.45) is 0. The van der Waals surface area contributed by atoms with Gasteiger partial charge in [-0.1, -0.05) is 11.6 Å². The summed E-state index contributed by atoms with van der Waals surface area (Å²) in [6.45, 7) is 0.152. The second kappa shape index (κ2) is 4.88. The van der Waals surface area contributed by atoms with Crippen molar-refractivity contribution in [1.29, 1.82) is 0 Å². The molecule has 2 rings (SSSR count). The molecule has 0 aliphatic carbocycles. The predicted octanol–water partition coefficient (Wildman–Crippen LogP) is 1.66. The van der Waals surface area contributed by atoms with Gasteiger partial charge in [-0.2, -0.15) is 0 Å². The first-order chi connectivity index (χ1) is 8.62. The summed E-state index contributed by atoms with van der Waals surface area (Å²) in [5.74, 6) is 0.967.